The average Bonchev–Trinajstić information content (AvgIpc) is 3.46. The molecule has 1 N–H and O–H groups in total. The molecule has 2 aromatic heterocycles. The molecule has 1 aromatic carbocycles. The van der Waals surface area contributed by atoms with Crippen molar-refractivity contribution >= 4 is 22.8 Å². The molecule has 228 valence electrons. The summed E-state index contributed by atoms with van der Waals surface area (Å²) in [6.07, 6.45) is 17.9. The molecule has 0 radical (unpaired) electrons. The molecular weight excluding hydrogens is 524 g/mol. The summed E-state index contributed by atoms with van der Waals surface area (Å²) in [6.45, 7) is 25.2. The van der Waals surface area contributed by atoms with Crippen molar-refractivity contribution in [1.29, 1.82) is 0 Å². The molecule has 0 atom stereocenters. The van der Waals surface area contributed by atoms with Gasteiger partial charge in [0.25, 0.3) is 0 Å². The van der Waals surface area contributed by atoms with Crippen molar-refractivity contribution in [2.75, 3.05) is 37.6 Å². The van der Waals surface area contributed by atoms with E-state index in [4.69, 9.17) is 4.98 Å². The Hall–Kier alpha value is -3.63. The molecular formula is C39H52N4. The first-order chi connectivity index (χ1) is 20.7. The van der Waals surface area contributed by atoms with E-state index in [1.807, 2.05) is 12.3 Å². The Labute approximate surface area is 260 Å². The van der Waals surface area contributed by atoms with Crippen molar-refractivity contribution in [3.8, 4) is 0 Å². The predicted octanol–water partition coefficient (Wildman–Crippen LogP) is 9.53. The van der Waals surface area contributed by atoms with Gasteiger partial charge >= 0.3 is 0 Å². The predicted molar refractivity (Wildman–Crippen MR) is 188 cm³/mol. The molecule has 0 unspecified atom stereocenters. The molecule has 3 heterocycles. The van der Waals surface area contributed by atoms with Crippen LogP contribution in [-0.4, -0.2) is 47.6 Å². The fourth-order valence-electron chi connectivity index (χ4n) is 6.31. The maximum absolute atomic E-state index is 4.84. The molecule has 0 saturated carbocycles. The van der Waals surface area contributed by atoms with Crippen molar-refractivity contribution in [2.45, 2.75) is 66.7 Å². The number of nitrogens with zero attached hydrogens (tertiary/aromatic N) is 3. The van der Waals surface area contributed by atoms with E-state index < -0.39 is 0 Å². The van der Waals surface area contributed by atoms with Crippen LogP contribution >= 0.6 is 0 Å². The molecule has 3 aromatic rings. The molecule has 1 aliphatic heterocycles. The summed E-state index contributed by atoms with van der Waals surface area (Å²) in [5.41, 5.74) is 10.1. The van der Waals surface area contributed by atoms with Crippen molar-refractivity contribution in [3.05, 3.63) is 114 Å². The molecule has 1 fully saturated rings. The minimum absolute atomic E-state index is 0.266. The molecule has 0 aliphatic carbocycles. The molecule has 0 amide bonds. The number of fused-ring (bicyclic) bond motifs is 1. The third-order valence-corrected chi connectivity index (χ3v) is 8.70. The molecule has 4 heteroatoms. The van der Waals surface area contributed by atoms with Crippen LogP contribution < -0.4 is 4.90 Å². The number of anilines is 1. The Kier molecular flexibility index (Phi) is 11.4. The van der Waals surface area contributed by atoms with Gasteiger partial charge in [0.2, 0.25) is 0 Å². The summed E-state index contributed by atoms with van der Waals surface area (Å²) in [5.74, 6) is 0. The first-order valence-corrected chi connectivity index (χ1v) is 16.0. The Bertz CT molecular complexity index is 1470. The lowest BCUT2D eigenvalue weighted by Gasteiger charge is -2.37. The highest BCUT2D eigenvalue weighted by Crippen LogP contribution is 2.35. The number of aromatic nitrogens is 2. The van der Waals surface area contributed by atoms with Crippen molar-refractivity contribution in [1.82, 2.24) is 14.9 Å². The zero-order valence-electron chi connectivity index (χ0n) is 27.3. The topological polar surface area (TPSA) is 35.2 Å². The number of piperazine rings is 1. The third-order valence-electron chi connectivity index (χ3n) is 8.70. The van der Waals surface area contributed by atoms with Crippen LogP contribution in [0.4, 0.5) is 5.69 Å². The third kappa shape index (κ3) is 8.93. The largest absolute Gasteiger partial charge is 0.369 e. The van der Waals surface area contributed by atoms with Gasteiger partial charge in [-0.3, -0.25) is 4.90 Å². The summed E-state index contributed by atoms with van der Waals surface area (Å²) >= 11 is 0. The van der Waals surface area contributed by atoms with E-state index >= 15 is 0 Å². The lowest BCUT2D eigenvalue weighted by molar-refractivity contribution is 0.275. The van der Waals surface area contributed by atoms with Gasteiger partial charge in [-0.25, -0.2) is 4.98 Å². The van der Waals surface area contributed by atoms with E-state index in [1.165, 1.54) is 46.4 Å². The number of nitrogens with one attached hydrogen (secondary N) is 1. The van der Waals surface area contributed by atoms with Crippen LogP contribution in [0.1, 0.15) is 77.1 Å². The lowest BCUT2D eigenvalue weighted by atomic mass is 9.78. The number of H-pyrrole nitrogens is 1. The van der Waals surface area contributed by atoms with E-state index in [9.17, 15) is 0 Å². The number of rotatable bonds is 14. The van der Waals surface area contributed by atoms with Gasteiger partial charge in [0.15, 0.2) is 0 Å². The van der Waals surface area contributed by atoms with E-state index in [2.05, 4.69) is 123 Å². The maximum atomic E-state index is 4.84. The van der Waals surface area contributed by atoms with Crippen LogP contribution in [0.5, 0.6) is 0 Å². The number of benzene rings is 1. The summed E-state index contributed by atoms with van der Waals surface area (Å²) in [5, 5.41) is 1.14. The fraction of sp³-hybridized carbons (Fsp3) is 0.410. The Morgan fingerprint density at radius 2 is 1.86 bits per heavy atom. The highest BCUT2D eigenvalue weighted by molar-refractivity contribution is 5.75. The number of pyridine rings is 1. The minimum atomic E-state index is 0.266. The van der Waals surface area contributed by atoms with Gasteiger partial charge in [-0.2, -0.15) is 0 Å². The first-order valence-electron chi connectivity index (χ1n) is 16.0. The highest BCUT2D eigenvalue weighted by Gasteiger charge is 2.23. The van der Waals surface area contributed by atoms with Crippen LogP contribution in [0.15, 0.2) is 96.8 Å². The SMILES string of the molecule is C=Cc1ccc(N2CCN(C/C(C)=C(/CC(C)(C)CCC)C(=C)/C=C\C/C=C\C)CC2)cc1Cc1ccc2cc[nH]c2n1. The number of aromatic amines is 1. The van der Waals surface area contributed by atoms with Crippen LogP contribution in [0.25, 0.3) is 17.1 Å². The normalized spacial score (nSPS) is 15.5. The molecule has 4 rings (SSSR count). The average molecular weight is 577 g/mol. The lowest BCUT2D eigenvalue weighted by Crippen LogP contribution is -2.47. The smallest absolute Gasteiger partial charge is 0.137 e. The van der Waals surface area contributed by atoms with Gasteiger partial charge < -0.3 is 9.88 Å². The number of hydrogen-bond acceptors (Lipinski definition) is 3. The second kappa shape index (κ2) is 15.2. The highest BCUT2D eigenvalue weighted by atomic mass is 15.3. The fourth-order valence-corrected chi connectivity index (χ4v) is 6.31. The molecule has 1 aliphatic rings. The van der Waals surface area contributed by atoms with Gasteiger partial charge in [-0.15, -0.1) is 0 Å². The van der Waals surface area contributed by atoms with E-state index in [0.29, 0.717) is 0 Å². The van der Waals surface area contributed by atoms with Gasteiger partial charge in [-0.05, 0) is 91.1 Å². The summed E-state index contributed by atoms with van der Waals surface area (Å²) in [6, 6.07) is 13.1. The quantitative estimate of drug-likeness (QED) is 0.153. The maximum Gasteiger partial charge on any atom is 0.137 e. The van der Waals surface area contributed by atoms with Crippen LogP contribution in [0.2, 0.25) is 0 Å². The minimum Gasteiger partial charge on any atom is -0.369 e. The monoisotopic (exact) mass is 576 g/mol. The van der Waals surface area contributed by atoms with E-state index in [1.54, 1.807) is 0 Å². The zero-order chi connectivity index (χ0) is 30.8. The second-order valence-electron chi connectivity index (χ2n) is 12.8. The summed E-state index contributed by atoms with van der Waals surface area (Å²) in [7, 11) is 0. The van der Waals surface area contributed by atoms with Crippen molar-refractivity contribution < 1.29 is 0 Å². The van der Waals surface area contributed by atoms with Gasteiger partial charge in [0.1, 0.15) is 5.65 Å². The van der Waals surface area contributed by atoms with Gasteiger partial charge in [0, 0.05) is 62.1 Å². The van der Waals surface area contributed by atoms with Crippen molar-refractivity contribution in [3.63, 3.8) is 0 Å². The van der Waals surface area contributed by atoms with Gasteiger partial charge in [-0.1, -0.05) is 82.4 Å². The molecule has 1 saturated heterocycles. The van der Waals surface area contributed by atoms with Crippen molar-refractivity contribution in [2.24, 2.45) is 5.41 Å². The van der Waals surface area contributed by atoms with Crippen LogP contribution in [-0.2, 0) is 6.42 Å². The first kappa shape index (κ1) is 32.3. The molecule has 43 heavy (non-hydrogen) atoms. The summed E-state index contributed by atoms with van der Waals surface area (Å²) in [4.78, 5) is 13.2. The Morgan fingerprint density at radius 3 is 2.58 bits per heavy atom. The van der Waals surface area contributed by atoms with Crippen LogP contribution in [0.3, 0.4) is 0 Å². The number of allylic oxidation sites excluding steroid dienone is 6. The standard InChI is InChI=1S/C39H52N4/c1-8-11-12-13-14-30(4)37(28-39(6,7)20-9-2)31(5)29-42-22-24-43(25-23-42)36-18-16-32(10-3)34(27-36)26-35-17-15-33-19-21-40-38(33)41-35/h8,10-11,13-19,21,27H,3-4,9,12,20,22-26,28-29H2,1-2,5-7H3,(H,40,41)/b11-8-,14-13-,37-31-. The van der Waals surface area contributed by atoms with E-state index in [0.717, 1.165) is 68.7 Å². The zero-order valence-corrected chi connectivity index (χ0v) is 27.3. The molecule has 4 nitrogen and oxygen atoms in total. The molecule has 0 spiro atoms. The second-order valence-corrected chi connectivity index (χ2v) is 12.8. The van der Waals surface area contributed by atoms with Crippen LogP contribution in [0, 0.1) is 5.41 Å². The summed E-state index contributed by atoms with van der Waals surface area (Å²) < 4.78 is 0. The Balaban J connectivity index is 1.44. The number of hydrogen-bond donors (Lipinski definition) is 1. The Morgan fingerprint density at radius 1 is 1.07 bits per heavy atom. The van der Waals surface area contributed by atoms with Gasteiger partial charge in [0.05, 0.1) is 0 Å². The van der Waals surface area contributed by atoms with E-state index in [-0.39, 0.29) is 5.41 Å². The molecule has 0 bridgehead atoms.